The number of benzene rings is 2. The quantitative estimate of drug-likeness (QED) is 0.280. The molecule has 0 saturated heterocycles. The SMILES string of the molecule is CCCc1ccc(-c2ccc(COC3CCC4CC(COC5C=CC(OCC)=C(F)C5F)CCC4C3)cc2)cc1. The molecule has 40 heavy (non-hydrogen) atoms. The van der Waals surface area contributed by atoms with Crippen LogP contribution in [0.1, 0.15) is 69.9 Å². The highest BCUT2D eigenvalue weighted by molar-refractivity contribution is 5.63. The van der Waals surface area contributed by atoms with Gasteiger partial charge in [0, 0.05) is 0 Å². The molecule has 0 N–H and O–H groups in total. The number of fused-ring (bicyclic) bond motifs is 1. The molecular weight excluding hydrogens is 506 g/mol. The molecule has 216 valence electrons. The van der Waals surface area contributed by atoms with Crippen LogP contribution in [-0.4, -0.2) is 31.6 Å². The van der Waals surface area contributed by atoms with Crippen molar-refractivity contribution >= 4 is 0 Å². The van der Waals surface area contributed by atoms with Crippen molar-refractivity contribution in [2.45, 2.75) is 90.2 Å². The molecule has 3 nitrogen and oxygen atoms in total. The normalized spacial score (nSPS) is 28.4. The van der Waals surface area contributed by atoms with Gasteiger partial charge < -0.3 is 14.2 Å². The molecule has 6 unspecified atom stereocenters. The zero-order valence-corrected chi connectivity index (χ0v) is 24.0. The van der Waals surface area contributed by atoms with Crippen LogP contribution in [0.2, 0.25) is 0 Å². The Labute approximate surface area is 238 Å². The maximum Gasteiger partial charge on any atom is 0.185 e. The van der Waals surface area contributed by atoms with Crippen LogP contribution >= 0.6 is 0 Å². The second-order valence-electron chi connectivity index (χ2n) is 11.8. The van der Waals surface area contributed by atoms with Gasteiger partial charge in [-0.3, -0.25) is 0 Å². The minimum atomic E-state index is -1.79. The summed E-state index contributed by atoms with van der Waals surface area (Å²) in [4.78, 5) is 0. The van der Waals surface area contributed by atoms with Crippen molar-refractivity contribution in [3.63, 3.8) is 0 Å². The molecule has 5 rings (SSSR count). The maximum absolute atomic E-state index is 14.5. The zero-order chi connectivity index (χ0) is 27.9. The van der Waals surface area contributed by atoms with Gasteiger partial charge in [0.1, 0.15) is 6.10 Å². The molecule has 0 amide bonds. The Balaban J connectivity index is 1.03. The van der Waals surface area contributed by atoms with Gasteiger partial charge in [-0.1, -0.05) is 61.9 Å². The third-order valence-electron chi connectivity index (χ3n) is 8.97. The number of allylic oxidation sites excluding steroid dienone is 1. The molecule has 2 saturated carbocycles. The van der Waals surface area contributed by atoms with Crippen LogP contribution < -0.4 is 0 Å². The number of halogens is 2. The van der Waals surface area contributed by atoms with Gasteiger partial charge in [0.25, 0.3) is 0 Å². The molecular formula is C35H44F2O3. The van der Waals surface area contributed by atoms with Crippen LogP contribution in [0.15, 0.2) is 72.3 Å². The second kappa shape index (κ2) is 13.9. The molecule has 5 heteroatoms. The van der Waals surface area contributed by atoms with Crippen LogP contribution in [0.4, 0.5) is 8.78 Å². The van der Waals surface area contributed by atoms with Crippen LogP contribution in [-0.2, 0) is 27.2 Å². The van der Waals surface area contributed by atoms with E-state index < -0.39 is 18.1 Å². The van der Waals surface area contributed by atoms with E-state index in [1.165, 1.54) is 41.2 Å². The van der Waals surface area contributed by atoms with Crippen LogP contribution in [0.3, 0.4) is 0 Å². The third kappa shape index (κ3) is 7.22. The van der Waals surface area contributed by atoms with Crippen molar-refractivity contribution < 1.29 is 23.0 Å². The van der Waals surface area contributed by atoms with Crippen molar-refractivity contribution in [3.8, 4) is 11.1 Å². The van der Waals surface area contributed by atoms with Crippen LogP contribution in [0.25, 0.3) is 11.1 Å². The molecule has 0 aliphatic heterocycles. The topological polar surface area (TPSA) is 27.7 Å². The van der Waals surface area contributed by atoms with E-state index >= 15 is 0 Å². The number of hydrogen-bond donors (Lipinski definition) is 0. The summed E-state index contributed by atoms with van der Waals surface area (Å²) < 4.78 is 46.1. The van der Waals surface area contributed by atoms with Gasteiger partial charge in [0.2, 0.25) is 0 Å². The largest absolute Gasteiger partial charge is 0.491 e. The predicted molar refractivity (Wildman–Crippen MR) is 156 cm³/mol. The molecule has 0 bridgehead atoms. The van der Waals surface area contributed by atoms with Crippen LogP contribution in [0, 0.1) is 17.8 Å². The van der Waals surface area contributed by atoms with Crippen molar-refractivity contribution in [1.29, 1.82) is 0 Å². The molecule has 6 atom stereocenters. The predicted octanol–water partition coefficient (Wildman–Crippen LogP) is 8.92. The molecule has 0 radical (unpaired) electrons. The molecule has 0 spiro atoms. The number of aryl methyl sites for hydroxylation is 1. The van der Waals surface area contributed by atoms with E-state index in [2.05, 4.69) is 55.5 Å². The van der Waals surface area contributed by atoms with E-state index in [0.717, 1.165) is 38.5 Å². The lowest BCUT2D eigenvalue weighted by molar-refractivity contribution is -0.0431. The van der Waals surface area contributed by atoms with Gasteiger partial charge in [0.15, 0.2) is 17.8 Å². The lowest BCUT2D eigenvalue weighted by Gasteiger charge is -2.42. The summed E-state index contributed by atoms with van der Waals surface area (Å²) in [7, 11) is 0. The lowest BCUT2D eigenvalue weighted by Crippen LogP contribution is -2.36. The Kier molecular flexibility index (Phi) is 10.1. The molecule has 0 aromatic heterocycles. The minimum absolute atomic E-state index is 0.0145. The van der Waals surface area contributed by atoms with E-state index in [4.69, 9.17) is 14.2 Å². The van der Waals surface area contributed by atoms with Crippen LogP contribution in [0.5, 0.6) is 0 Å². The van der Waals surface area contributed by atoms with Gasteiger partial charge in [-0.15, -0.1) is 0 Å². The number of alkyl halides is 1. The number of ether oxygens (including phenoxy) is 3. The fraction of sp³-hybridized carbons (Fsp3) is 0.543. The molecule has 2 fully saturated rings. The smallest absolute Gasteiger partial charge is 0.185 e. The zero-order valence-electron chi connectivity index (χ0n) is 24.0. The second-order valence-corrected chi connectivity index (χ2v) is 11.8. The van der Waals surface area contributed by atoms with Gasteiger partial charge in [0.05, 0.1) is 25.9 Å². The summed E-state index contributed by atoms with van der Waals surface area (Å²) in [6.07, 6.45) is 9.76. The van der Waals surface area contributed by atoms with Crippen molar-refractivity contribution in [1.82, 2.24) is 0 Å². The van der Waals surface area contributed by atoms with E-state index in [1.54, 1.807) is 13.0 Å². The van der Waals surface area contributed by atoms with Gasteiger partial charge in [-0.05, 0) is 104 Å². The lowest BCUT2D eigenvalue weighted by atomic mass is 9.67. The van der Waals surface area contributed by atoms with Crippen molar-refractivity contribution in [3.05, 3.63) is 83.4 Å². The summed E-state index contributed by atoms with van der Waals surface area (Å²) in [5, 5.41) is 0. The van der Waals surface area contributed by atoms with E-state index in [0.29, 0.717) is 43.7 Å². The number of hydrogen-bond acceptors (Lipinski definition) is 3. The highest BCUT2D eigenvalue weighted by Gasteiger charge is 2.37. The highest BCUT2D eigenvalue weighted by Crippen LogP contribution is 2.44. The Morgan fingerprint density at radius 3 is 2.17 bits per heavy atom. The molecule has 3 aliphatic carbocycles. The first kappa shape index (κ1) is 29.0. The molecule has 3 aliphatic rings. The highest BCUT2D eigenvalue weighted by atomic mass is 19.2. The summed E-state index contributed by atoms with van der Waals surface area (Å²) >= 11 is 0. The first-order valence-electron chi connectivity index (χ1n) is 15.3. The fourth-order valence-electron chi connectivity index (χ4n) is 6.71. The monoisotopic (exact) mass is 550 g/mol. The van der Waals surface area contributed by atoms with Gasteiger partial charge in [-0.25, -0.2) is 8.78 Å². The van der Waals surface area contributed by atoms with E-state index in [1.807, 2.05) is 0 Å². The first-order chi connectivity index (χ1) is 19.5. The van der Waals surface area contributed by atoms with Gasteiger partial charge in [-0.2, -0.15) is 0 Å². The molecule has 0 heterocycles. The maximum atomic E-state index is 14.5. The first-order valence-corrected chi connectivity index (χ1v) is 15.3. The minimum Gasteiger partial charge on any atom is -0.491 e. The average Bonchev–Trinajstić information content (AvgIpc) is 2.99. The summed E-state index contributed by atoms with van der Waals surface area (Å²) in [6.45, 7) is 5.42. The third-order valence-corrected chi connectivity index (χ3v) is 8.97. The Morgan fingerprint density at radius 2 is 1.48 bits per heavy atom. The standard InChI is InChI=1S/C35H44F2O3/c1-3-5-24-6-11-27(12-7-24)28-13-8-25(9-14-28)22-39-31-17-16-29-20-26(10-15-30(29)21-31)23-40-33-19-18-32(38-4-2)34(36)35(33)37/h6-9,11-14,18-19,26,29-31,33,35H,3-5,10,15-17,20-23H2,1-2H3. The Hall–Kier alpha value is -2.50. The van der Waals surface area contributed by atoms with Crippen molar-refractivity contribution in [2.75, 3.05) is 13.2 Å². The van der Waals surface area contributed by atoms with E-state index in [9.17, 15) is 8.78 Å². The van der Waals surface area contributed by atoms with Crippen molar-refractivity contribution in [2.24, 2.45) is 17.8 Å². The van der Waals surface area contributed by atoms with Gasteiger partial charge >= 0.3 is 0 Å². The summed E-state index contributed by atoms with van der Waals surface area (Å²) in [5.41, 5.74) is 5.11. The molecule has 2 aromatic rings. The Bertz CT molecular complexity index is 1140. The summed E-state index contributed by atoms with van der Waals surface area (Å²) in [5.74, 6) is 0.893. The van der Waals surface area contributed by atoms with E-state index in [-0.39, 0.29) is 5.76 Å². The molecule has 2 aromatic carbocycles. The average molecular weight is 551 g/mol. The summed E-state index contributed by atoms with van der Waals surface area (Å²) in [6, 6.07) is 17.7. The fourth-order valence-corrected chi connectivity index (χ4v) is 6.71. The number of rotatable bonds is 11. The Morgan fingerprint density at radius 1 is 0.800 bits per heavy atom.